The first-order valence-corrected chi connectivity index (χ1v) is 22.9. The number of nitrogens with one attached hydrogen (secondary N) is 2. The molecule has 4 atom stereocenters. The van der Waals surface area contributed by atoms with Crippen molar-refractivity contribution in [3.05, 3.63) is 239 Å². The van der Waals surface area contributed by atoms with E-state index in [4.69, 9.17) is 0 Å². The molecule has 0 saturated carbocycles. The molecule has 0 radical (unpaired) electrons. The summed E-state index contributed by atoms with van der Waals surface area (Å²) in [5, 5.41) is 10.9. The zero-order chi connectivity index (χ0) is 42.1. The summed E-state index contributed by atoms with van der Waals surface area (Å²) in [5.74, 6) is 0. The predicted molar refractivity (Wildman–Crippen MR) is 263 cm³/mol. The second-order valence-electron chi connectivity index (χ2n) is 17.9. The summed E-state index contributed by atoms with van der Waals surface area (Å²) in [6.07, 6.45) is 3.29. The zero-order valence-corrected chi connectivity index (χ0v) is 35.9. The number of benzene rings is 9. The first-order chi connectivity index (χ1) is 31.1. The second kappa shape index (κ2) is 15.2. The molecular weight excluding hydrogens is 761 g/mol. The molecule has 2 heteroatoms. The maximum absolute atomic E-state index is 4.14. The van der Waals surface area contributed by atoms with Gasteiger partial charge < -0.3 is 0 Å². The van der Waals surface area contributed by atoms with Crippen molar-refractivity contribution in [2.24, 2.45) is 0 Å². The Morgan fingerprint density at radius 2 is 1.02 bits per heavy atom. The predicted octanol–water partition coefficient (Wildman–Crippen LogP) is 15.4. The fraction of sp³-hybridized carbons (Fsp3) is 0.148. The number of hydrogen-bond acceptors (Lipinski definition) is 2. The first-order valence-electron chi connectivity index (χ1n) is 22.9. The van der Waals surface area contributed by atoms with Gasteiger partial charge in [-0.05, 0) is 137 Å². The third-order valence-electron chi connectivity index (χ3n) is 14.4. The molecule has 0 aliphatic heterocycles. The van der Waals surface area contributed by atoms with Crippen molar-refractivity contribution < 1.29 is 0 Å². The summed E-state index contributed by atoms with van der Waals surface area (Å²) in [5.41, 5.74) is 22.0. The number of rotatable bonds is 11. The lowest BCUT2D eigenvalue weighted by molar-refractivity contribution is 0.339. The lowest BCUT2D eigenvalue weighted by atomic mass is 9.69. The van der Waals surface area contributed by atoms with Gasteiger partial charge in [0.15, 0.2) is 0 Å². The van der Waals surface area contributed by atoms with E-state index in [2.05, 4.69) is 225 Å². The van der Waals surface area contributed by atoms with E-state index in [0.29, 0.717) is 0 Å². The summed E-state index contributed by atoms with van der Waals surface area (Å²) in [4.78, 5) is 0. The Morgan fingerprint density at radius 1 is 0.429 bits per heavy atom. The molecule has 3 aliphatic rings. The Morgan fingerprint density at radius 3 is 1.78 bits per heavy atom. The van der Waals surface area contributed by atoms with Gasteiger partial charge >= 0.3 is 0 Å². The van der Waals surface area contributed by atoms with Crippen LogP contribution in [0.5, 0.6) is 0 Å². The number of hydrogen-bond donors (Lipinski definition) is 2. The Hall–Kier alpha value is -6.84. The van der Waals surface area contributed by atoms with Crippen molar-refractivity contribution in [3.63, 3.8) is 0 Å². The average molecular weight is 811 g/mol. The van der Waals surface area contributed by atoms with Gasteiger partial charge in [0, 0.05) is 12.1 Å². The van der Waals surface area contributed by atoms with Crippen molar-refractivity contribution >= 4 is 10.8 Å². The van der Waals surface area contributed by atoms with E-state index < -0.39 is 5.41 Å². The van der Waals surface area contributed by atoms with Gasteiger partial charge in [-0.3, -0.25) is 10.6 Å². The van der Waals surface area contributed by atoms with E-state index in [0.717, 1.165) is 19.3 Å². The van der Waals surface area contributed by atoms with Crippen LogP contribution in [0.15, 0.2) is 200 Å². The topological polar surface area (TPSA) is 24.1 Å². The van der Waals surface area contributed by atoms with E-state index in [9.17, 15) is 0 Å². The Bertz CT molecular complexity index is 3200. The van der Waals surface area contributed by atoms with E-state index in [-0.39, 0.29) is 18.2 Å². The van der Waals surface area contributed by atoms with Crippen LogP contribution in [0.25, 0.3) is 66.4 Å². The van der Waals surface area contributed by atoms with E-state index in [1.807, 2.05) is 0 Å². The minimum absolute atomic E-state index is 0.0882. The van der Waals surface area contributed by atoms with Gasteiger partial charge in [-0.25, -0.2) is 0 Å². The number of fused-ring (bicyclic) bond motifs is 14. The molecule has 1 spiro atoms. The standard InChI is InChI=1S/C61H50N2/c1-3-4-33-57(41-21-9-6-10-22-41)63-60(62-39(2)40-19-7-5-8-20-40)44-24-17-23-42(36-44)43-34-35-48-47-27-13-15-31-53(47)61(55(48)37-43)54-32-16-14-28-50(54)59-51-30-18-29-49-45-25-11-12-26-46(45)52(58(49)51)38-56(59)61/h5-32,34-39,57,60,62-63H,3-4,33H2,1-2H3. The van der Waals surface area contributed by atoms with Crippen LogP contribution in [0.2, 0.25) is 0 Å². The van der Waals surface area contributed by atoms with Crippen LogP contribution >= 0.6 is 0 Å². The molecule has 0 saturated heterocycles. The van der Waals surface area contributed by atoms with Crippen LogP contribution < -0.4 is 10.6 Å². The van der Waals surface area contributed by atoms with Crippen LogP contribution in [0.1, 0.15) is 90.3 Å². The highest BCUT2D eigenvalue weighted by Gasteiger charge is 2.52. The third-order valence-corrected chi connectivity index (χ3v) is 14.4. The van der Waals surface area contributed by atoms with Gasteiger partial charge in [0.1, 0.15) is 0 Å². The van der Waals surface area contributed by atoms with E-state index in [1.165, 1.54) is 105 Å². The molecule has 0 aromatic heterocycles. The van der Waals surface area contributed by atoms with Crippen molar-refractivity contribution in [2.75, 3.05) is 0 Å². The summed E-state index contributed by atoms with van der Waals surface area (Å²) in [6, 6.07) is 75.6. The monoisotopic (exact) mass is 810 g/mol. The van der Waals surface area contributed by atoms with Crippen LogP contribution in [0.3, 0.4) is 0 Å². The van der Waals surface area contributed by atoms with Gasteiger partial charge in [-0.15, -0.1) is 0 Å². The van der Waals surface area contributed by atoms with E-state index >= 15 is 0 Å². The molecule has 4 unspecified atom stereocenters. The summed E-state index contributed by atoms with van der Waals surface area (Å²) >= 11 is 0. The third kappa shape index (κ3) is 5.86. The SMILES string of the molecule is CCCCC(NC(NC(C)c1ccccc1)c1cccc(-c2ccc3c(c2)C2(c4ccccc4-3)c3ccccc3-c3c2cc2c4c(cccc34)-c3ccccc3-2)c1)c1ccccc1. The van der Waals surface area contributed by atoms with Crippen LogP contribution in [0.4, 0.5) is 0 Å². The quantitative estimate of drug-likeness (QED) is 0.127. The first kappa shape index (κ1) is 37.9. The largest absolute Gasteiger partial charge is 0.291 e. The normalized spacial score (nSPS) is 16.3. The Kier molecular flexibility index (Phi) is 9.14. The molecule has 0 heterocycles. The smallest absolute Gasteiger partial charge is 0.0845 e. The molecule has 304 valence electrons. The van der Waals surface area contributed by atoms with Gasteiger partial charge in [-0.2, -0.15) is 0 Å². The van der Waals surface area contributed by atoms with Crippen LogP contribution in [0, 0.1) is 0 Å². The fourth-order valence-electron chi connectivity index (χ4n) is 11.5. The highest BCUT2D eigenvalue weighted by molar-refractivity contribution is 6.21. The Labute approximate surface area is 371 Å². The lowest BCUT2D eigenvalue weighted by Crippen LogP contribution is -2.38. The molecule has 0 fully saturated rings. The van der Waals surface area contributed by atoms with Crippen LogP contribution in [-0.4, -0.2) is 0 Å². The molecule has 9 aromatic carbocycles. The molecule has 0 amide bonds. The molecule has 2 nitrogen and oxygen atoms in total. The average Bonchev–Trinajstić information content (AvgIpc) is 3.95. The number of unbranched alkanes of at least 4 members (excludes halogenated alkanes) is 1. The van der Waals surface area contributed by atoms with Gasteiger partial charge in [0.25, 0.3) is 0 Å². The highest BCUT2D eigenvalue weighted by atomic mass is 15.2. The van der Waals surface area contributed by atoms with Crippen LogP contribution in [-0.2, 0) is 5.41 Å². The summed E-state index contributed by atoms with van der Waals surface area (Å²) < 4.78 is 0. The minimum atomic E-state index is -0.470. The minimum Gasteiger partial charge on any atom is -0.291 e. The molecule has 3 aliphatic carbocycles. The molecule has 12 rings (SSSR count). The second-order valence-corrected chi connectivity index (χ2v) is 17.9. The highest BCUT2D eigenvalue weighted by Crippen LogP contribution is 2.66. The Balaban J connectivity index is 1.03. The van der Waals surface area contributed by atoms with Crippen molar-refractivity contribution in [3.8, 4) is 55.6 Å². The zero-order valence-electron chi connectivity index (χ0n) is 35.9. The van der Waals surface area contributed by atoms with Gasteiger partial charge in [0.05, 0.1) is 11.6 Å². The maximum Gasteiger partial charge on any atom is 0.0845 e. The van der Waals surface area contributed by atoms with Gasteiger partial charge in [-0.1, -0.05) is 202 Å². The fourth-order valence-corrected chi connectivity index (χ4v) is 11.5. The molecule has 9 aromatic rings. The van der Waals surface area contributed by atoms with Crippen molar-refractivity contribution in [1.82, 2.24) is 10.6 Å². The summed E-state index contributed by atoms with van der Waals surface area (Å²) in [6.45, 7) is 4.56. The van der Waals surface area contributed by atoms with Crippen molar-refractivity contribution in [1.29, 1.82) is 0 Å². The van der Waals surface area contributed by atoms with Gasteiger partial charge in [0.2, 0.25) is 0 Å². The molecule has 63 heavy (non-hydrogen) atoms. The summed E-state index contributed by atoms with van der Waals surface area (Å²) in [7, 11) is 0. The molecule has 2 N–H and O–H groups in total. The lowest BCUT2D eigenvalue weighted by Gasteiger charge is -2.31. The van der Waals surface area contributed by atoms with Crippen molar-refractivity contribution in [2.45, 2.75) is 56.8 Å². The molecule has 0 bridgehead atoms. The molecular formula is C61H50N2. The van der Waals surface area contributed by atoms with E-state index in [1.54, 1.807) is 0 Å². The maximum atomic E-state index is 4.14.